The van der Waals surface area contributed by atoms with Gasteiger partial charge >= 0.3 is 0 Å². The van der Waals surface area contributed by atoms with Crippen molar-refractivity contribution >= 4 is 10.9 Å². The molecule has 0 aliphatic rings. The maximum absolute atomic E-state index is 5.82. The van der Waals surface area contributed by atoms with Crippen LogP contribution in [0.15, 0.2) is 30.5 Å². The zero-order valence-corrected chi connectivity index (χ0v) is 7.33. The molecular weight excluding hydrogens is 162 g/mol. The van der Waals surface area contributed by atoms with Crippen molar-refractivity contribution in [3.05, 3.63) is 36.0 Å². The summed E-state index contributed by atoms with van der Waals surface area (Å²) in [7, 11) is 0. The van der Waals surface area contributed by atoms with Crippen molar-refractivity contribution in [3.8, 4) is 0 Å². The standard InChI is InChI=1S/C10H13N3/c11-6-9(12)7-1-2-10-8(5-7)3-4-13-10/h1-5,9,13H,6,11-12H2/t9-/m0/s1. The number of aromatic nitrogens is 1. The van der Waals surface area contributed by atoms with Gasteiger partial charge in [0, 0.05) is 24.3 Å². The minimum atomic E-state index is -0.0562. The molecule has 0 amide bonds. The fourth-order valence-corrected chi connectivity index (χ4v) is 1.44. The van der Waals surface area contributed by atoms with Crippen LogP contribution < -0.4 is 11.5 Å². The van der Waals surface area contributed by atoms with Crippen LogP contribution in [0.4, 0.5) is 0 Å². The van der Waals surface area contributed by atoms with Crippen LogP contribution in [0.2, 0.25) is 0 Å². The topological polar surface area (TPSA) is 67.8 Å². The predicted octanol–water partition coefficient (Wildman–Crippen LogP) is 1.13. The highest BCUT2D eigenvalue weighted by Crippen LogP contribution is 2.17. The Balaban J connectivity index is 2.48. The third-order valence-corrected chi connectivity index (χ3v) is 2.26. The lowest BCUT2D eigenvalue weighted by Gasteiger charge is -2.08. The number of rotatable bonds is 2. The zero-order valence-electron chi connectivity index (χ0n) is 7.33. The average Bonchev–Trinajstić information content (AvgIpc) is 2.63. The van der Waals surface area contributed by atoms with Gasteiger partial charge in [-0.15, -0.1) is 0 Å². The Labute approximate surface area is 76.7 Å². The summed E-state index contributed by atoms with van der Waals surface area (Å²) in [6, 6.07) is 8.08. The van der Waals surface area contributed by atoms with Gasteiger partial charge in [0.25, 0.3) is 0 Å². The molecule has 0 aliphatic carbocycles. The van der Waals surface area contributed by atoms with Crippen molar-refractivity contribution in [2.24, 2.45) is 11.5 Å². The Hall–Kier alpha value is -1.32. The Kier molecular flexibility index (Phi) is 2.04. The molecular formula is C10H13N3. The van der Waals surface area contributed by atoms with Gasteiger partial charge in [0.15, 0.2) is 0 Å². The van der Waals surface area contributed by atoms with Gasteiger partial charge in [-0.2, -0.15) is 0 Å². The van der Waals surface area contributed by atoms with Crippen molar-refractivity contribution in [2.75, 3.05) is 6.54 Å². The fraction of sp³-hybridized carbons (Fsp3) is 0.200. The summed E-state index contributed by atoms with van der Waals surface area (Å²) >= 11 is 0. The van der Waals surface area contributed by atoms with Crippen LogP contribution in [0.1, 0.15) is 11.6 Å². The molecule has 0 bridgehead atoms. The van der Waals surface area contributed by atoms with Crippen LogP contribution in [0.25, 0.3) is 10.9 Å². The summed E-state index contributed by atoms with van der Waals surface area (Å²) in [5, 5.41) is 1.18. The largest absolute Gasteiger partial charge is 0.361 e. The number of fused-ring (bicyclic) bond motifs is 1. The molecule has 3 nitrogen and oxygen atoms in total. The van der Waals surface area contributed by atoms with Crippen LogP contribution in [-0.2, 0) is 0 Å². The third kappa shape index (κ3) is 1.43. The SMILES string of the molecule is NC[C@H](N)c1ccc2[nH]ccc2c1. The number of aromatic amines is 1. The van der Waals surface area contributed by atoms with E-state index >= 15 is 0 Å². The van der Waals surface area contributed by atoms with E-state index in [1.807, 2.05) is 24.4 Å². The lowest BCUT2D eigenvalue weighted by molar-refractivity contribution is 0.738. The van der Waals surface area contributed by atoms with Crippen LogP contribution in [0.5, 0.6) is 0 Å². The van der Waals surface area contributed by atoms with E-state index in [1.54, 1.807) is 0 Å². The Morgan fingerprint density at radius 1 is 1.31 bits per heavy atom. The van der Waals surface area contributed by atoms with Gasteiger partial charge in [0.1, 0.15) is 0 Å². The van der Waals surface area contributed by atoms with E-state index in [-0.39, 0.29) is 6.04 Å². The molecule has 0 radical (unpaired) electrons. The number of hydrogen-bond acceptors (Lipinski definition) is 2. The maximum Gasteiger partial charge on any atom is 0.0454 e. The molecule has 2 rings (SSSR count). The van der Waals surface area contributed by atoms with Gasteiger partial charge in [-0.25, -0.2) is 0 Å². The van der Waals surface area contributed by atoms with E-state index in [4.69, 9.17) is 11.5 Å². The molecule has 68 valence electrons. The molecule has 2 aromatic rings. The lowest BCUT2D eigenvalue weighted by Crippen LogP contribution is -2.20. The van der Waals surface area contributed by atoms with Crippen LogP contribution in [0, 0.1) is 0 Å². The van der Waals surface area contributed by atoms with Crippen LogP contribution >= 0.6 is 0 Å². The number of H-pyrrole nitrogens is 1. The van der Waals surface area contributed by atoms with Gasteiger partial charge in [-0.3, -0.25) is 0 Å². The molecule has 3 heteroatoms. The first kappa shape index (κ1) is 8.29. The summed E-state index contributed by atoms with van der Waals surface area (Å²) in [5.74, 6) is 0. The third-order valence-electron chi connectivity index (χ3n) is 2.26. The van der Waals surface area contributed by atoms with E-state index in [1.165, 1.54) is 5.39 Å². The second-order valence-electron chi connectivity index (χ2n) is 3.17. The van der Waals surface area contributed by atoms with Gasteiger partial charge < -0.3 is 16.5 Å². The van der Waals surface area contributed by atoms with Crippen LogP contribution in [0.3, 0.4) is 0 Å². The summed E-state index contributed by atoms with van der Waals surface area (Å²) in [4.78, 5) is 3.13. The first-order chi connectivity index (χ1) is 6.31. The number of benzene rings is 1. The Morgan fingerprint density at radius 2 is 2.15 bits per heavy atom. The summed E-state index contributed by atoms with van der Waals surface area (Å²) in [5.41, 5.74) is 13.5. The highest BCUT2D eigenvalue weighted by atomic mass is 14.7. The predicted molar refractivity (Wildman–Crippen MR) is 54.3 cm³/mol. The van der Waals surface area contributed by atoms with E-state index in [2.05, 4.69) is 11.1 Å². The lowest BCUT2D eigenvalue weighted by atomic mass is 10.1. The van der Waals surface area contributed by atoms with Gasteiger partial charge in [0.05, 0.1) is 0 Å². The Bertz CT molecular complexity index is 405. The molecule has 0 unspecified atom stereocenters. The summed E-state index contributed by atoms with van der Waals surface area (Å²) in [6.45, 7) is 0.482. The van der Waals surface area contributed by atoms with E-state index in [0.717, 1.165) is 11.1 Å². The Morgan fingerprint density at radius 3 is 2.92 bits per heavy atom. The first-order valence-electron chi connectivity index (χ1n) is 4.34. The first-order valence-corrected chi connectivity index (χ1v) is 4.34. The average molecular weight is 175 g/mol. The number of nitrogens with one attached hydrogen (secondary N) is 1. The van der Waals surface area contributed by atoms with Crippen molar-refractivity contribution < 1.29 is 0 Å². The number of hydrogen-bond donors (Lipinski definition) is 3. The van der Waals surface area contributed by atoms with Crippen molar-refractivity contribution in [2.45, 2.75) is 6.04 Å². The fourth-order valence-electron chi connectivity index (χ4n) is 1.44. The van der Waals surface area contributed by atoms with E-state index in [9.17, 15) is 0 Å². The zero-order chi connectivity index (χ0) is 9.26. The van der Waals surface area contributed by atoms with Gasteiger partial charge in [-0.05, 0) is 29.1 Å². The molecule has 1 aromatic heterocycles. The molecule has 1 heterocycles. The molecule has 0 fully saturated rings. The van der Waals surface area contributed by atoms with E-state index in [0.29, 0.717) is 6.54 Å². The molecule has 0 aliphatic heterocycles. The van der Waals surface area contributed by atoms with Crippen molar-refractivity contribution in [3.63, 3.8) is 0 Å². The molecule has 1 atom stereocenters. The number of nitrogens with two attached hydrogens (primary N) is 2. The summed E-state index contributed by atoms with van der Waals surface area (Å²) in [6.07, 6.45) is 1.92. The summed E-state index contributed by atoms with van der Waals surface area (Å²) < 4.78 is 0. The van der Waals surface area contributed by atoms with E-state index < -0.39 is 0 Å². The second-order valence-corrected chi connectivity index (χ2v) is 3.17. The molecule has 5 N–H and O–H groups in total. The van der Waals surface area contributed by atoms with Crippen molar-refractivity contribution in [1.82, 2.24) is 4.98 Å². The molecule has 13 heavy (non-hydrogen) atoms. The smallest absolute Gasteiger partial charge is 0.0454 e. The highest BCUT2D eigenvalue weighted by molar-refractivity contribution is 5.80. The van der Waals surface area contributed by atoms with Crippen LogP contribution in [-0.4, -0.2) is 11.5 Å². The second kappa shape index (κ2) is 3.20. The molecule has 0 saturated carbocycles. The molecule has 0 spiro atoms. The minimum Gasteiger partial charge on any atom is -0.361 e. The maximum atomic E-state index is 5.82. The van der Waals surface area contributed by atoms with Crippen molar-refractivity contribution in [1.29, 1.82) is 0 Å². The van der Waals surface area contributed by atoms with Gasteiger partial charge in [0.2, 0.25) is 0 Å². The minimum absolute atomic E-state index is 0.0562. The van der Waals surface area contributed by atoms with Gasteiger partial charge in [-0.1, -0.05) is 6.07 Å². The monoisotopic (exact) mass is 175 g/mol. The normalized spacial score (nSPS) is 13.4. The molecule has 0 saturated heterocycles. The quantitative estimate of drug-likeness (QED) is 0.640. The molecule has 1 aromatic carbocycles. The highest BCUT2D eigenvalue weighted by Gasteiger charge is 2.03.